The van der Waals surface area contributed by atoms with Crippen LogP contribution in [0.2, 0.25) is 0 Å². The van der Waals surface area contributed by atoms with Gasteiger partial charge in [-0.05, 0) is 12.1 Å². The fraction of sp³-hybridized carbons (Fsp3) is 0.200. The van der Waals surface area contributed by atoms with E-state index in [2.05, 4.69) is 20.4 Å². The van der Waals surface area contributed by atoms with E-state index in [0.29, 0.717) is 0 Å². The van der Waals surface area contributed by atoms with E-state index < -0.39 is 25.1 Å². The van der Waals surface area contributed by atoms with Crippen molar-refractivity contribution in [3.05, 3.63) is 35.3 Å². The number of rotatable bonds is 7. The van der Waals surface area contributed by atoms with Crippen molar-refractivity contribution >= 4 is 39.9 Å². The summed E-state index contributed by atoms with van der Waals surface area (Å²) in [5.41, 5.74) is -0.0663. The van der Waals surface area contributed by atoms with Gasteiger partial charge in [0.25, 0.3) is 5.91 Å². The molecule has 0 spiro atoms. The third kappa shape index (κ3) is 5.77. The Bertz CT molecular complexity index is 812. The van der Waals surface area contributed by atoms with Gasteiger partial charge in [0.1, 0.15) is 5.75 Å². The molecule has 0 saturated carbocycles. The SMILES string of the molecule is CC(=O)Nc1nc(C(=O)OCC(=O)Nc2ccccc2OC(F)F)cs1. The van der Waals surface area contributed by atoms with E-state index in [1.54, 1.807) is 0 Å². The molecular weight excluding hydrogens is 372 g/mol. The zero-order chi connectivity index (χ0) is 19.1. The van der Waals surface area contributed by atoms with Crippen molar-refractivity contribution in [1.82, 2.24) is 4.98 Å². The van der Waals surface area contributed by atoms with Gasteiger partial charge in [-0.25, -0.2) is 9.78 Å². The van der Waals surface area contributed by atoms with Crippen molar-refractivity contribution < 1.29 is 32.6 Å². The minimum atomic E-state index is -3.05. The maximum absolute atomic E-state index is 12.3. The van der Waals surface area contributed by atoms with Gasteiger partial charge in [0, 0.05) is 12.3 Å². The number of carbonyl (C=O) groups is 3. The van der Waals surface area contributed by atoms with Crippen LogP contribution in [0, 0.1) is 0 Å². The van der Waals surface area contributed by atoms with Crippen molar-refractivity contribution in [1.29, 1.82) is 0 Å². The summed E-state index contributed by atoms with van der Waals surface area (Å²) in [6, 6.07) is 5.59. The van der Waals surface area contributed by atoms with E-state index >= 15 is 0 Å². The normalized spacial score (nSPS) is 10.3. The lowest BCUT2D eigenvalue weighted by Crippen LogP contribution is -2.21. The Balaban J connectivity index is 1.90. The number of ether oxygens (including phenoxy) is 2. The summed E-state index contributed by atoms with van der Waals surface area (Å²) in [5, 5.41) is 6.28. The van der Waals surface area contributed by atoms with Gasteiger partial charge in [0.15, 0.2) is 17.4 Å². The summed E-state index contributed by atoms with van der Waals surface area (Å²) in [4.78, 5) is 38.4. The summed E-state index contributed by atoms with van der Waals surface area (Å²) in [7, 11) is 0. The Kier molecular flexibility index (Phi) is 6.55. The topological polar surface area (TPSA) is 107 Å². The Morgan fingerprint density at radius 1 is 1.23 bits per heavy atom. The van der Waals surface area contributed by atoms with Crippen LogP contribution < -0.4 is 15.4 Å². The van der Waals surface area contributed by atoms with Gasteiger partial charge in [0.05, 0.1) is 5.69 Å². The highest BCUT2D eigenvalue weighted by Crippen LogP contribution is 2.25. The van der Waals surface area contributed by atoms with E-state index in [1.807, 2.05) is 0 Å². The summed E-state index contributed by atoms with van der Waals surface area (Å²) >= 11 is 1.02. The quantitative estimate of drug-likeness (QED) is 0.710. The van der Waals surface area contributed by atoms with E-state index in [4.69, 9.17) is 4.74 Å². The number of hydrogen-bond acceptors (Lipinski definition) is 7. The van der Waals surface area contributed by atoms with Crippen LogP contribution in [0.5, 0.6) is 5.75 Å². The smallest absolute Gasteiger partial charge is 0.387 e. The number of aromatic nitrogens is 1. The van der Waals surface area contributed by atoms with Crippen molar-refractivity contribution in [3.8, 4) is 5.75 Å². The van der Waals surface area contributed by atoms with Crippen LogP contribution in [0.3, 0.4) is 0 Å². The van der Waals surface area contributed by atoms with Crippen LogP contribution >= 0.6 is 11.3 Å². The first-order valence-corrected chi connectivity index (χ1v) is 7.97. The molecule has 0 aliphatic heterocycles. The number of carbonyl (C=O) groups excluding carboxylic acids is 3. The van der Waals surface area contributed by atoms with Crippen LogP contribution in [-0.4, -0.2) is 36.0 Å². The third-order valence-electron chi connectivity index (χ3n) is 2.71. The molecular formula is C15H13F2N3O5S. The molecule has 11 heteroatoms. The average molecular weight is 385 g/mol. The number of thiazole rings is 1. The molecule has 138 valence electrons. The van der Waals surface area contributed by atoms with Gasteiger partial charge in [-0.15, -0.1) is 11.3 Å². The Hall–Kier alpha value is -3.08. The maximum Gasteiger partial charge on any atom is 0.387 e. The van der Waals surface area contributed by atoms with Crippen molar-refractivity contribution in [2.75, 3.05) is 17.2 Å². The fourth-order valence-corrected chi connectivity index (χ4v) is 2.46. The van der Waals surface area contributed by atoms with Gasteiger partial charge < -0.3 is 20.1 Å². The number of para-hydroxylation sites is 2. The first-order chi connectivity index (χ1) is 12.3. The molecule has 8 nitrogen and oxygen atoms in total. The van der Waals surface area contributed by atoms with Crippen LogP contribution in [-0.2, 0) is 14.3 Å². The second-order valence-electron chi connectivity index (χ2n) is 4.72. The molecule has 1 aromatic heterocycles. The minimum absolute atomic E-state index is 0.00968. The van der Waals surface area contributed by atoms with E-state index in [0.717, 1.165) is 11.3 Å². The van der Waals surface area contributed by atoms with E-state index in [1.165, 1.54) is 36.6 Å². The number of benzene rings is 1. The Morgan fingerprint density at radius 2 is 1.96 bits per heavy atom. The monoisotopic (exact) mass is 385 g/mol. The molecule has 0 radical (unpaired) electrons. The predicted molar refractivity (Wildman–Crippen MR) is 88.4 cm³/mol. The number of nitrogens with zero attached hydrogens (tertiary/aromatic N) is 1. The first-order valence-electron chi connectivity index (χ1n) is 7.09. The van der Waals surface area contributed by atoms with Gasteiger partial charge in [-0.1, -0.05) is 12.1 Å². The number of halogens is 2. The largest absolute Gasteiger partial charge is 0.451 e. The van der Waals surface area contributed by atoms with Gasteiger partial charge in [-0.3, -0.25) is 9.59 Å². The lowest BCUT2D eigenvalue weighted by Gasteiger charge is -2.11. The lowest BCUT2D eigenvalue weighted by atomic mass is 10.3. The van der Waals surface area contributed by atoms with Crippen LogP contribution in [0.15, 0.2) is 29.6 Å². The van der Waals surface area contributed by atoms with Crippen molar-refractivity contribution in [3.63, 3.8) is 0 Å². The van der Waals surface area contributed by atoms with E-state index in [9.17, 15) is 23.2 Å². The fourth-order valence-electron chi connectivity index (χ4n) is 1.74. The molecule has 26 heavy (non-hydrogen) atoms. The molecule has 2 N–H and O–H groups in total. The molecule has 0 bridgehead atoms. The lowest BCUT2D eigenvalue weighted by molar-refractivity contribution is -0.119. The van der Waals surface area contributed by atoms with Crippen molar-refractivity contribution in [2.45, 2.75) is 13.5 Å². The number of nitrogens with one attached hydrogen (secondary N) is 2. The number of hydrogen-bond donors (Lipinski definition) is 2. The molecule has 0 saturated heterocycles. The second-order valence-corrected chi connectivity index (χ2v) is 5.58. The Morgan fingerprint density at radius 3 is 2.65 bits per heavy atom. The highest BCUT2D eigenvalue weighted by molar-refractivity contribution is 7.14. The molecule has 0 aliphatic carbocycles. The number of anilines is 2. The molecule has 2 amide bonds. The standard InChI is InChI=1S/C15H13F2N3O5S/c1-8(21)18-15-20-10(7-26-15)13(23)24-6-12(22)19-9-4-2-3-5-11(9)25-14(16)17/h2-5,7,14H,6H2,1H3,(H,19,22)(H,18,20,21). The summed E-state index contributed by atoms with van der Waals surface area (Å²) in [6.07, 6.45) is 0. The Labute approximate surface area is 150 Å². The molecule has 1 aromatic carbocycles. The first kappa shape index (κ1) is 19.2. The molecule has 0 atom stereocenters. The van der Waals surface area contributed by atoms with Gasteiger partial charge >= 0.3 is 12.6 Å². The number of amides is 2. The predicted octanol–water partition coefficient (Wildman–Crippen LogP) is 2.50. The molecule has 2 aromatic rings. The number of esters is 1. The number of alkyl halides is 2. The molecule has 2 rings (SSSR count). The molecule has 0 aliphatic rings. The highest BCUT2D eigenvalue weighted by atomic mass is 32.1. The zero-order valence-electron chi connectivity index (χ0n) is 13.3. The molecule has 0 unspecified atom stereocenters. The van der Waals surface area contributed by atoms with Crippen LogP contribution in [0.1, 0.15) is 17.4 Å². The second kappa shape index (κ2) is 8.85. The van der Waals surface area contributed by atoms with E-state index in [-0.39, 0.29) is 28.2 Å². The van der Waals surface area contributed by atoms with Crippen molar-refractivity contribution in [2.24, 2.45) is 0 Å². The molecule has 1 heterocycles. The van der Waals surface area contributed by atoms with Gasteiger partial charge in [-0.2, -0.15) is 8.78 Å². The summed E-state index contributed by atoms with van der Waals surface area (Å²) in [6.45, 7) is -2.41. The summed E-state index contributed by atoms with van der Waals surface area (Å²) < 4.78 is 33.7. The summed E-state index contributed by atoms with van der Waals surface area (Å²) in [5.74, 6) is -2.18. The average Bonchev–Trinajstić information content (AvgIpc) is 3.02. The third-order valence-corrected chi connectivity index (χ3v) is 3.47. The maximum atomic E-state index is 12.3. The van der Waals surface area contributed by atoms with Crippen LogP contribution in [0.25, 0.3) is 0 Å². The minimum Gasteiger partial charge on any atom is -0.451 e. The molecule has 0 fully saturated rings. The van der Waals surface area contributed by atoms with Gasteiger partial charge in [0.2, 0.25) is 5.91 Å². The zero-order valence-corrected chi connectivity index (χ0v) is 14.1. The highest BCUT2D eigenvalue weighted by Gasteiger charge is 2.16. The van der Waals surface area contributed by atoms with Crippen LogP contribution in [0.4, 0.5) is 19.6 Å².